The summed E-state index contributed by atoms with van der Waals surface area (Å²) in [6.45, 7) is 0. The summed E-state index contributed by atoms with van der Waals surface area (Å²) in [5.74, 6) is -16.0. The van der Waals surface area contributed by atoms with Crippen molar-refractivity contribution in [3.63, 3.8) is 0 Å². The molecule has 0 fully saturated rings. The molecule has 0 amide bonds. The monoisotopic (exact) mass is 1090 g/mol. The number of aromatic carboxylic acids is 8. The molecule has 0 unspecified atom stereocenters. The number of carbonyl (C=O) groups is 8. The van der Waals surface area contributed by atoms with Crippen LogP contribution in [0.25, 0.3) is 24.3 Å². The smallest absolute Gasteiger partial charge is 0.545 e. The van der Waals surface area contributed by atoms with Gasteiger partial charge in [0.25, 0.3) is 0 Å². The molecule has 364 valence electrons. The van der Waals surface area contributed by atoms with Crippen molar-refractivity contribution in [1.82, 2.24) is 19.9 Å². The first-order valence-corrected chi connectivity index (χ1v) is 17.3. The molecule has 0 saturated carbocycles. The second-order valence-electron chi connectivity index (χ2n) is 11.8. The zero-order valence-electron chi connectivity index (χ0n) is 36.0. The van der Waals surface area contributed by atoms with Crippen molar-refractivity contribution in [2.45, 2.75) is 0 Å². The van der Waals surface area contributed by atoms with Gasteiger partial charge in [-0.1, -0.05) is 24.3 Å². The van der Waals surface area contributed by atoms with E-state index >= 15 is 0 Å². The van der Waals surface area contributed by atoms with Crippen LogP contribution in [0.4, 0.5) is 0 Å². The van der Waals surface area contributed by atoms with E-state index in [0.29, 0.717) is 12.1 Å². The predicted octanol–water partition coefficient (Wildman–Crippen LogP) is -8.26. The maximum atomic E-state index is 10.7. The van der Waals surface area contributed by atoms with Crippen molar-refractivity contribution in [3.05, 3.63) is 178 Å². The minimum atomic E-state index is -2.09. The van der Waals surface area contributed by atoms with Crippen LogP contribution in [0, 0.1) is 0 Å². The average molecular weight is 1090 g/mol. The number of aromatic amines is 2. The Hall–Kier alpha value is -8.81. The summed E-state index contributed by atoms with van der Waals surface area (Å²) >= 11 is 0. The van der Waals surface area contributed by atoms with E-state index in [-0.39, 0.29) is 66.3 Å². The van der Waals surface area contributed by atoms with Gasteiger partial charge in [-0.3, -0.25) is 9.97 Å². The van der Waals surface area contributed by atoms with Crippen molar-refractivity contribution in [2.24, 2.45) is 0 Å². The van der Waals surface area contributed by atoms with Gasteiger partial charge >= 0.3 is 50.9 Å². The zero-order chi connectivity index (χ0) is 47.3. The molecule has 6 rings (SSSR count). The number of aromatic nitrogens is 6. The van der Waals surface area contributed by atoms with Crippen molar-refractivity contribution in [1.29, 1.82) is 0 Å². The fourth-order valence-corrected chi connectivity index (χ4v) is 4.64. The second-order valence-corrected chi connectivity index (χ2v) is 11.8. The van der Waals surface area contributed by atoms with Crippen LogP contribution in [0.3, 0.4) is 0 Å². The zero-order valence-corrected chi connectivity index (χ0v) is 41.9. The van der Waals surface area contributed by atoms with Gasteiger partial charge in [-0.05, 0) is 58.7 Å². The van der Waals surface area contributed by atoms with Crippen LogP contribution < -0.4 is 40.6 Å². The Labute approximate surface area is 423 Å². The minimum absolute atomic E-state index is 0. The number of carboxylic acid groups (broad SMARTS) is 8. The Kier molecular flexibility index (Phi) is 35.4. The molecule has 14 N–H and O–H groups in total. The summed E-state index contributed by atoms with van der Waals surface area (Å²) < 4.78 is 0. The number of nitrogens with zero attached hydrogens (tertiary/aromatic N) is 4. The third-order valence-corrected chi connectivity index (χ3v) is 7.56. The van der Waals surface area contributed by atoms with E-state index in [0.717, 1.165) is 11.1 Å². The van der Waals surface area contributed by atoms with E-state index in [2.05, 4.69) is 54.2 Å². The number of nitrogens with one attached hydrogen (secondary N) is 2. The van der Waals surface area contributed by atoms with Crippen LogP contribution in [-0.4, -0.2) is 105 Å². The maximum Gasteiger partial charge on any atom is 2.00 e. The molecule has 0 aromatic carbocycles. The van der Waals surface area contributed by atoms with E-state index in [1.54, 1.807) is 24.8 Å². The van der Waals surface area contributed by atoms with E-state index in [4.69, 9.17) is 10.2 Å². The molecule has 29 heteroatoms. The third kappa shape index (κ3) is 22.7. The fraction of sp³-hybridized carbons (Fsp3) is 0. The molecule has 0 aliphatic rings. The standard InChI is InChI=1S/2C12H10N2.2C9H5NO8.5H2O.2Zn/c2*1(11-3-7-13-8-4-11)2-12-5-9-14-10-6-12;2*11-6(12)2-1-3(7(13)14)5(9(17)18)10-4(2)8(15)16;;;;;;;/h2*1-10H;2*1H,(H,11,12)(H,13,14)(H,15,16)(H,17,18);5*1H2;;/q;;;;;;;;;2*+2/p-4/b2*2-1+;;;;;;;;;. The number of H-pyrrole nitrogens is 2. The molecule has 71 heavy (non-hydrogen) atoms. The largest absolute Gasteiger partial charge is 2.00 e. The number of carbonyl (C=O) groups excluding carboxylic acids is 6. The number of rotatable bonds is 12. The molecule has 0 saturated heterocycles. The van der Waals surface area contributed by atoms with E-state index in [9.17, 15) is 69.0 Å². The topological polar surface area (TPSA) is 553 Å². The van der Waals surface area contributed by atoms with Crippen LogP contribution in [0.5, 0.6) is 0 Å². The van der Waals surface area contributed by atoms with Crippen molar-refractivity contribution in [3.8, 4) is 0 Å². The molecule has 0 bridgehead atoms. The Balaban J connectivity index is -0.000000265. The summed E-state index contributed by atoms with van der Waals surface area (Å²) in [5, 5.41) is 80.7. The quantitative estimate of drug-likeness (QED) is 0.107. The van der Waals surface area contributed by atoms with Crippen LogP contribution >= 0.6 is 0 Å². The van der Waals surface area contributed by atoms with Gasteiger partial charge in [-0.2, -0.15) is 0 Å². The molecule has 0 radical (unpaired) electrons. The summed E-state index contributed by atoms with van der Waals surface area (Å²) in [6, 6.07) is 16.6. The number of hydrogen-bond donors (Lipinski definition) is 2. The molecule has 0 atom stereocenters. The first-order valence-electron chi connectivity index (χ1n) is 17.3. The Bertz CT molecular complexity index is 2290. The van der Waals surface area contributed by atoms with Crippen molar-refractivity contribution < 1.29 is 156 Å². The molecular weight excluding hydrogens is 1060 g/mol. The SMILES string of the molecule is C(=C\c1cc[nH+]cc1)/c1ccncc1.C(=C\c1cc[nH+]cc1)/c1ccncc1.O.O.O.O.O.O=C([O-])c1cc(C(=O)O)c(C(=O)[O-])nc1C(=O)[O-].O=C([O-])c1cc(C(=O)O)c(C(=O)[O-])nc1C(=O)[O-].[Zn+2].[Zn+2]. The second kappa shape index (κ2) is 35.3. The molecule has 6 heterocycles. The van der Waals surface area contributed by atoms with E-state index in [1.165, 1.54) is 11.1 Å². The van der Waals surface area contributed by atoms with Crippen LogP contribution in [0.2, 0.25) is 0 Å². The summed E-state index contributed by atoms with van der Waals surface area (Å²) in [6.07, 6.45) is 23.1. The van der Waals surface area contributed by atoms with Gasteiger partial charge in [0.05, 0.1) is 58.3 Å². The first kappa shape index (κ1) is 71.2. The molecule has 6 aromatic heterocycles. The molecule has 27 nitrogen and oxygen atoms in total. The number of carboxylic acids is 8. The first-order chi connectivity index (χ1) is 30.4. The van der Waals surface area contributed by atoms with Gasteiger partial charge in [0.15, 0.2) is 24.8 Å². The average Bonchev–Trinajstić information content (AvgIpc) is 3.28. The third-order valence-electron chi connectivity index (χ3n) is 7.56. The maximum absolute atomic E-state index is 10.7. The molecule has 0 aliphatic carbocycles. The van der Waals surface area contributed by atoms with Gasteiger partial charge < -0.3 is 97.0 Å². The fourth-order valence-electron chi connectivity index (χ4n) is 4.64. The normalized spacial score (nSPS) is 9.13. The van der Waals surface area contributed by atoms with Crippen molar-refractivity contribution in [2.75, 3.05) is 0 Å². The minimum Gasteiger partial charge on any atom is -0.545 e. The van der Waals surface area contributed by atoms with Gasteiger partial charge in [-0.15, -0.1) is 0 Å². The Morgan fingerprint density at radius 2 is 0.606 bits per heavy atom. The summed E-state index contributed by atoms with van der Waals surface area (Å²) in [5.41, 5.74) is -4.51. The van der Waals surface area contributed by atoms with Crippen LogP contribution in [-0.2, 0) is 39.0 Å². The predicted molar refractivity (Wildman–Crippen MR) is 219 cm³/mol. The van der Waals surface area contributed by atoms with Gasteiger partial charge in [0, 0.05) is 60.2 Å². The summed E-state index contributed by atoms with van der Waals surface area (Å²) in [7, 11) is 0. The van der Waals surface area contributed by atoms with Crippen LogP contribution in [0.15, 0.2) is 110 Å². The number of pyridine rings is 6. The van der Waals surface area contributed by atoms with Crippen LogP contribution in [0.1, 0.15) is 106 Å². The number of hydrogen-bond acceptors (Lipinski definition) is 18. The molecule has 6 aromatic rings. The Morgan fingerprint density at radius 3 is 0.817 bits per heavy atom. The van der Waals surface area contributed by atoms with Gasteiger partial charge in [-0.25, -0.2) is 29.5 Å². The van der Waals surface area contributed by atoms with E-state index < -0.39 is 92.8 Å². The van der Waals surface area contributed by atoms with Gasteiger partial charge in [0.1, 0.15) is 11.4 Å². The molecular formula is C42H36N6O21Zn2. The van der Waals surface area contributed by atoms with Gasteiger partial charge in [0.2, 0.25) is 0 Å². The molecule has 0 aliphatic heterocycles. The molecule has 0 spiro atoms. The van der Waals surface area contributed by atoms with E-state index in [1.807, 2.05) is 73.3 Å². The summed E-state index contributed by atoms with van der Waals surface area (Å²) in [4.78, 5) is 104. The Morgan fingerprint density at radius 1 is 0.380 bits per heavy atom. The van der Waals surface area contributed by atoms with Crippen molar-refractivity contribution >= 4 is 72.1 Å².